The van der Waals surface area contributed by atoms with Gasteiger partial charge >= 0.3 is 11.9 Å². The van der Waals surface area contributed by atoms with Crippen molar-refractivity contribution in [1.29, 1.82) is 0 Å². The van der Waals surface area contributed by atoms with Gasteiger partial charge < -0.3 is 14.3 Å². The van der Waals surface area contributed by atoms with Crippen molar-refractivity contribution in [2.75, 3.05) is 34.4 Å². The highest BCUT2D eigenvalue weighted by atomic mass is 16.7. The molecular formula is C9H17NO5. The van der Waals surface area contributed by atoms with Gasteiger partial charge in [-0.05, 0) is 0 Å². The number of nitrogens with zero attached hydrogens (tertiary/aromatic N) is 1. The van der Waals surface area contributed by atoms with Gasteiger partial charge in [-0.1, -0.05) is 0 Å². The smallest absolute Gasteiger partial charge is 0.306 e. The number of esters is 2. The molecule has 0 spiro atoms. The fraction of sp³-hybridized carbons (Fsp3) is 0.778. The molecule has 0 unspecified atom stereocenters. The van der Waals surface area contributed by atoms with Crippen molar-refractivity contribution in [3.8, 4) is 0 Å². The van der Waals surface area contributed by atoms with Crippen molar-refractivity contribution >= 4 is 11.9 Å². The zero-order valence-corrected chi connectivity index (χ0v) is 9.32. The molecule has 0 aromatic rings. The fourth-order valence-corrected chi connectivity index (χ4v) is 0.930. The Morgan fingerprint density at radius 1 is 0.933 bits per heavy atom. The van der Waals surface area contributed by atoms with Gasteiger partial charge in [-0.3, -0.25) is 9.59 Å². The molecule has 0 aromatic heterocycles. The Hall–Kier alpha value is -1.14. The van der Waals surface area contributed by atoms with E-state index in [1.165, 1.54) is 26.4 Å². The number of hydrogen-bond donors (Lipinski definition) is 0. The molecule has 0 saturated heterocycles. The number of methoxy groups -OCH3 is 2. The summed E-state index contributed by atoms with van der Waals surface area (Å²) in [7, 11) is 4.14. The number of ether oxygens (including phenoxy) is 2. The van der Waals surface area contributed by atoms with Crippen molar-refractivity contribution in [1.82, 2.24) is 5.06 Å². The first-order valence-electron chi connectivity index (χ1n) is 4.56. The van der Waals surface area contributed by atoms with Crippen LogP contribution in [0.15, 0.2) is 0 Å². The molecule has 0 aromatic carbocycles. The van der Waals surface area contributed by atoms with Gasteiger partial charge in [0, 0.05) is 13.1 Å². The predicted molar refractivity (Wildman–Crippen MR) is 51.8 cm³/mol. The summed E-state index contributed by atoms with van der Waals surface area (Å²) < 4.78 is 8.96. The molecule has 0 aliphatic carbocycles. The summed E-state index contributed by atoms with van der Waals surface area (Å²) in [5, 5.41) is 1.51. The summed E-state index contributed by atoms with van der Waals surface area (Å²) in [5.41, 5.74) is 0. The predicted octanol–water partition coefficient (Wildman–Crippen LogP) is -0.0240. The van der Waals surface area contributed by atoms with Crippen molar-refractivity contribution < 1.29 is 23.9 Å². The first-order valence-corrected chi connectivity index (χ1v) is 4.56. The third kappa shape index (κ3) is 6.87. The second-order valence-corrected chi connectivity index (χ2v) is 2.76. The number of rotatable bonds is 7. The highest BCUT2D eigenvalue weighted by Gasteiger charge is 2.10. The fourth-order valence-electron chi connectivity index (χ4n) is 0.930. The summed E-state index contributed by atoms with van der Waals surface area (Å²) in [6.07, 6.45) is 0.455. The number of hydrogen-bond acceptors (Lipinski definition) is 6. The minimum Gasteiger partial charge on any atom is -0.469 e. The minimum atomic E-state index is -0.310. The lowest BCUT2D eigenvalue weighted by molar-refractivity contribution is -0.157. The second-order valence-electron chi connectivity index (χ2n) is 2.76. The molecule has 0 aliphatic heterocycles. The van der Waals surface area contributed by atoms with Gasteiger partial charge in [0.05, 0.1) is 34.2 Å². The van der Waals surface area contributed by atoms with Crippen LogP contribution in [0.2, 0.25) is 0 Å². The van der Waals surface area contributed by atoms with Crippen molar-refractivity contribution in [3.63, 3.8) is 0 Å². The monoisotopic (exact) mass is 219 g/mol. The van der Waals surface area contributed by atoms with Crippen LogP contribution in [0, 0.1) is 0 Å². The molecule has 0 rings (SSSR count). The van der Waals surface area contributed by atoms with E-state index in [9.17, 15) is 9.59 Å². The maximum atomic E-state index is 10.8. The van der Waals surface area contributed by atoms with Crippen LogP contribution < -0.4 is 0 Å². The molecule has 0 bridgehead atoms. The minimum absolute atomic E-state index is 0.228. The summed E-state index contributed by atoms with van der Waals surface area (Å²) in [5.74, 6) is -0.620. The molecule has 0 saturated carbocycles. The maximum absolute atomic E-state index is 10.8. The first kappa shape index (κ1) is 13.9. The van der Waals surface area contributed by atoms with Gasteiger partial charge in [0.15, 0.2) is 0 Å². The molecule has 0 radical (unpaired) electrons. The van der Waals surface area contributed by atoms with Crippen molar-refractivity contribution in [2.45, 2.75) is 12.8 Å². The Morgan fingerprint density at radius 2 is 1.33 bits per heavy atom. The highest BCUT2D eigenvalue weighted by Crippen LogP contribution is 1.96. The SMILES string of the molecule is COC(=O)CCN(CCC(=O)OC)OC. The van der Waals surface area contributed by atoms with E-state index in [-0.39, 0.29) is 24.8 Å². The van der Waals surface area contributed by atoms with Crippen LogP contribution in [-0.2, 0) is 23.9 Å². The Morgan fingerprint density at radius 3 is 1.60 bits per heavy atom. The van der Waals surface area contributed by atoms with E-state index in [1.54, 1.807) is 0 Å². The largest absolute Gasteiger partial charge is 0.469 e. The highest BCUT2D eigenvalue weighted by molar-refractivity contribution is 5.69. The van der Waals surface area contributed by atoms with Crippen LogP contribution in [-0.4, -0.2) is 51.4 Å². The third-order valence-corrected chi connectivity index (χ3v) is 1.84. The number of carbonyl (C=O) groups excluding carboxylic acids is 2. The van der Waals surface area contributed by atoms with Crippen LogP contribution in [0.25, 0.3) is 0 Å². The van der Waals surface area contributed by atoms with Gasteiger partial charge in [-0.2, -0.15) is 5.06 Å². The number of hydroxylamine groups is 2. The summed E-state index contributed by atoms with van der Waals surface area (Å²) in [6.45, 7) is 0.778. The average molecular weight is 219 g/mol. The van der Waals surface area contributed by atoms with Crippen LogP contribution in [0.3, 0.4) is 0 Å². The molecule has 0 fully saturated rings. The lowest BCUT2D eigenvalue weighted by atomic mass is 10.4. The normalized spacial score (nSPS) is 10.1. The van der Waals surface area contributed by atoms with E-state index in [0.29, 0.717) is 13.1 Å². The zero-order chi connectivity index (χ0) is 11.7. The molecule has 0 atom stereocenters. The van der Waals surface area contributed by atoms with Gasteiger partial charge in [0.1, 0.15) is 0 Å². The molecule has 15 heavy (non-hydrogen) atoms. The average Bonchev–Trinajstić information content (AvgIpc) is 2.28. The van der Waals surface area contributed by atoms with E-state index in [4.69, 9.17) is 4.84 Å². The van der Waals surface area contributed by atoms with Gasteiger partial charge in [-0.15, -0.1) is 0 Å². The van der Waals surface area contributed by atoms with Crippen LogP contribution in [0.5, 0.6) is 0 Å². The lowest BCUT2D eigenvalue weighted by Crippen LogP contribution is -2.28. The molecule has 6 heteroatoms. The van der Waals surface area contributed by atoms with Gasteiger partial charge in [-0.25, -0.2) is 0 Å². The molecule has 0 N–H and O–H groups in total. The van der Waals surface area contributed by atoms with Gasteiger partial charge in [0.2, 0.25) is 0 Å². The van der Waals surface area contributed by atoms with Crippen LogP contribution in [0.4, 0.5) is 0 Å². The molecule has 88 valence electrons. The van der Waals surface area contributed by atoms with E-state index < -0.39 is 0 Å². The van der Waals surface area contributed by atoms with E-state index >= 15 is 0 Å². The Labute approximate surface area is 89.0 Å². The standard InChI is InChI=1S/C9H17NO5/c1-13-8(11)4-6-10(15-3)7-5-9(12)14-2/h4-7H2,1-3H3. The molecular weight excluding hydrogens is 202 g/mol. The Balaban J connectivity index is 3.73. The molecule has 0 amide bonds. The summed E-state index contributed by atoms with van der Waals surface area (Å²) in [4.78, 5) is 26.6. The molecule has 0 heterocycles. The molecule has 6 nitrogen and oxygen atoms in total. The van der Waals surface area contributed by atoms with E-state index in [0.717, 1.165) is 0 Å². The third-order valence-electron chi connectivity index (χ3n) is 1.84. The topological polar surface area (TPSA) is 65.1 Å². The number of carbonyl (C=O) groups is 2. The van der Waals surface area contributed by atoms with Crippen molar-refractivity contribution in [3.05, 3.63) is 0 Å². The van der Waals surface area contributed by atoms with E-state index in [2.05, 4.69) is 9.47 Å². The first-order chi connectivity index (χ1) is 7.13. The maximum Gasteiger partial charge on any atom is 0.306 e. The summed E-state index contributed by atoms with van der Waals surface area (Å²) >= 11 is 0. The van der Waals surface area contributed by atoms with Crippen molar-refractivity contribution in [2.24, 2.45) is 0 Å². The molecule has 0 aliphatic rings. The second kappa shape index (κ2) is 8.19. The zero-order valence-electron chi connectivity index (χ0n) is 9.32. The lowest BCUT2D eigenvalue weighted by Gasteiger charge is -2.17. The Bertz CT molecular complexity index is 187. The quantitative estimate of drug-likeness (QED) is 0.443. The van der Waals surface area contributed by atoms with E-state index in [1.807, 2.05) is 0 Å². The van der Waals surface area contributed by atoms with Crippen LogP contribution >= 0.6 is 0 Å². The van der Waals surface area contributed by atoms with Crippen LogP contribution in [0.1, 0.15) is 12.8 Å². The van der Waals surface area contributed by atoms with Gasteiger partial charge in [0.25, 0.3) is 0 Å². The summed E-state index contributed by atoms with van der Waals surface area (Å²) in [6, 6.07) is 0. The Kier molecular flexibility index (Phi) is 7.57.